The molecule has 6 heteroatoms. The summed E-state index contributed by atoms with van der Waals surface area (Å²) in [5.41, 5.74) is 1.72. The van der Waals surface area contributed by atoms with Gasteiger partial charge in [-0.2, -0.15) is 0 Å². The predicted molar refractivity (Wildman–Crippen MR) is 76.9 cm³/mol. The van der Waals surface area contributed by atoms with E-state index in [0.717, 1.165) is 16.5 Å². The molecule has 0 fully saturated rings. The monoisotopic (exact) mass is 294 g/mol. The molecule has 106 valence electrons. The number of rotatable bonds is 5. The van der Waals surface area contributed by atoms with Crippen molar-refractivity contribution in [2.45, 2.75) is 13.3 Å². The van der Waals surface area contributed by atoms with Crippen LogP contribution in [0, 0.1) is 0 Å². The molecule has 2 N–H and O–H groups in total. The molecule has 0 saturated heterocycles. The van der Waals surface area contributed by atoms with Gasteiger partial charge in [-0.05, 0) is 30.7 Å². The summed E-state index contributed by atoms with van der Waals surface area (Å²) >= 11 is 5.96. The molecule has 0 saturated carbocycles. The van der Waals surface area contributed by atoms with Crippen LogP contribution in [0.25, 0.3) is 10.9 Å². The zero-order valence-electron chi connectivity index (χ0n) is 11.0. The third kappa shape index (κ3) is 3.11. The second kappa shape index (κ2) is 5.96. The number of H-pyrrole nitrogens is 1. The summed E-state index contributed by atoms with van der Waals surface area (Å²) in [7, 11) is 0. The number of nitrogens with one attached hydrogen (secondary N) is 1. The van der Waals surface area contributed by atoms with Crippen molar-refractivity contribution >= 4 is 34.4 Å². The maximum atomic E-state index is 12.1. The van der Waals surface area contributed by atoms with E-state index in [-0.39, 0.29) is 18.9 Å². The number of carboxylic acid groups (broad SMARTS) is 1. The van der Waals surface area contributed by atoms with Crippen molar-refractivity contribution in [1.82, 2.24) is 9.88 Å². The van der Waals surface area contributed by atoms with Gasteiger partial charge in [0.1, 0.15) is 6.54 Å². The molecule has 0 radical (unpaired) electrons. The van der Waals surface area contributed by atoms with Crippen LogP contribution in [-0.2, 0) is 16.0 Å². The van der Waals surface area contributed by atoms with Crippen LogP contribution in [0.1, 0.15) is 12.5 Å². The number of carboxylic acids is 1. The Balaban J connectivity index is 2.20. The SMILES string of the molecule is CCN(CC(=O)O)C(=O)Cc1c[nH]c2ccc(Cl)cc12. The smallest absolute Gasteiger partial charge is 0.323 e. The van der Waals surface area contributed by atoms with Crippen molar-refractivity contribution in [2.75, 3.05) is 13.1 Å². The van der Waals surface area contributed by atoms with Gasteiger partial charge in [0.25, 0.3) is 0 Å². The summed E-state index contributed by atoms with van der Waals surface area (Å²) in [6.45, 7) is 1.85. The Hall–Kier alpha value is -2.01. The van der Waals surface area contributed by atoms with Gasteiger partial charge in [-0.15, -0.1) is 0 Å². The first-order valence-electron chi connectivity index (χ1n) is 6.26. The van der Waals surface area contributed by atoms with Crippen molar-refractivity contribution < 1.29 is 14.7 Å². The Morgan fingerprint density at radius 2 is 2.15 bits per heavy atom. The number of aliphatic carboxylic acids is 1. The van der Waals surface area contributed by atoms with E-state index in [1.54, 1.807) is 25.3 Å². The van der Waals surface area contributed by atoms with Crippen molar-refractivity contribution in [2.24, 2.45) is 0 Å². The first kappa shape index (κ1) is 14.4. The lowest BCUT2D eigenvalue weighted by Gasteiger charge is -2.18. The fraction of sp³-hybridized carbons (Fsp3) is 0.286. The van der Waals surface area contributed by atoms with Crippen molar-refractivity contribution in [3.63, 3.8) is 0 Å². The summed E-state index contributed by atoms with van der Waals surface area (Å²) in [5.74, 6) is -1.22. The number of likely N-dealkylation sites (N-methyl/N-ethyl adjacent to an activating group) is 1. The van der Waals surface area contributed by atoms with E-state index in [0.29, 0.717) is 11.6 Å². The molecule has 0 atom stereocenters. The maximum absolute atomic E-state index is 12.1. The standard InChI is InChI=1S/C14H15ClN2O3/c1-2-17(8-14(19)20)13(18)5-9-7-16-12-4-3-10(15)6-11(9)12/h3-4,6-7,16H,2,5,8H2,1H3,(H,19,20). The molecular formula is C14H15ClN2O3. The molecule has 0 bridgehead atoms. The van der Waals surface area contributed by atoms with Gasteiger partial charge in [0.2, 0.25) is 5.91 Å². The van der Waals surface area contributed by atoms with Crippen molar-refractivity contribution in [3.05, 3.63) is 35.0 Å². The minimum Gasteiger partial charge on any atom is -0.480 e. The van der Waals surface area contributed by atoms with Crippen LogP contribution >= 0.6 is 11.6 Å². The second-order valence-electron chi connectivity index (χ2n) is 4.48. The maximum Gasteiger partial charge on any atom is 0.323 e. The van der Waals surface area contributed by atoms with E-state index in [1.807, 2.05) is 6.07 Å². The number of fused-ring (bicyclic) bond motifs is 1. The molecule has 2 rings (SSSR count). The highest BCUT2D eigenvalue weighted by Crippen LogP contribution is 2.23. The number of halogens is 1. The Bertz CT molecular complexity index is 651. The highest BCUT2D eigenvalue weighted by Gasteiger charge is 2.17. The number of nitrogens with zero attached hydrogens (tertiary/aromatic N) is 1. The number of amides is 1. The Kier molecular flexibility index (Phi) is 4.29. The molecule has 0 spiro atoms. The molecule has 1 heterocycles. The lowest BCUT2D eigenvalue weighted by molar-refractivity contribution is -0.144. The number of hydrogen-bond donors (Lipinski definition) is 2. The average Bonchev–Trinajstić information content (AvgIpc) is 2.78. The molecule has 0 aliphatic carbocycles. The number of hydrogen-bond acceptors (Lipinski definition) is 2. The molecule has 1 amide bonds. The van der Waals surface area contributed by atoms with Crippen LogP contribution in [0.5, 0.6) is 0 Å². The van der Waals surface area contributed by atoms with Crippen LogP contribution in [-0.4, -0.2) is 40.0 Å². The van der Waals surface area contributed by atoms with Crippen LogP contribution in [0.15, 0.2) is 24.4 Å². The van der Waals surface area contributed by atoms with Crippen LogP contribution < -0.4 is 0 Å². The molecule has 1 aromatic heterocycles. The lowest BCUT2D eigenvalue weighted by atomic mass is 10.1. The quantitative estimate of drug-likeness (QED) is 0.888. The van der Waals surface area contributed by atoms with Gasteiger partial charge in [0.05, 0.1) is 6.42 Å². The van der Waals surface area contributed by atoms with Crippen LogP contribution in [0.4, 0.5) is 0 Å². The molecule has 0 aliphatic rings. The van der Waals surface area contributed by atoms with Gasteiger partial charge < -0.3 is 15.0 Å². The number of benzene rings is 1. The van der Waals surface area contributed by atoms with Gasteiger partial charge in [-0.1, -0.05) is 11.6 Å². The van der Waals surface area contributed by atoms with Crippen LogP contribution in [0.2, 0.25) is 5.02 Å². The fourth-order valence-corrected chi connectivity index (χ4v) is 2.28. The first-order valence-corrected chi connectivity index (χ1v) is 6.64. The van der Waals surface area contributed by atoms with Gasteiger partial charge >= 0.3 is 5.97 Å². The fourth-order valence-electron chi connectivity index (χ4n) is 2.11. The number of carbonyl (C=O) groups excluding carboxylic acids is 1. The van der Waals surface area contributed by atoms with E-state index < -0.39 is 5.97 Å². The van der Waals surface area contributed by atoms with E-state index in [9.17, 15) is 9.59 Å². The number of carbonyl (C=O) groups is 2. The summed E-state index contributed by atoms with van der Waals surface area (Å²) in [5, 5.41) is 10.3. The largest absolute Gasteiger partial charge is 0.480 e. The second-order valence-corrected chi connectivity index (χ2v) is 4.92. The molecule has 2 aromatic rings. The van der Waals surface area contributed by atoms with Gasteiger partial charge in [-0.25, -0.2) is 0 Å². The number of aromatic nitrogens is 1. The molecule has 5 nitrogen and oxygen atoms in total. The minimum atomic E-state index is -1.01. The van der Waals surface area contributed by atoms with Gasteiger partial charge in [-0.3, -0.25) is 9.59 Å². The zero-order chi connectivity index (χ0) is 14.7. The Morgan fingerprint density at radius 1 is 1.40 bits per heavy atom. The van der Waals surface area contributed by atoms with E-state index in [1.165, 1.54) is 4.90 Å². The Morgan fingerprint density at radius 3 is 2.80 bits per heavy atom. The number of aromatic amines is 1. The van der Waals surface area contributed by atoms with Gasteiger partial charge in [0.15, 0.2) is 0 Å². The molecule has 0 unspecified atom stereocenters. The molecule has 0 aliphatic heterocycles. The lowest BCUT2D eigenvalue weighted by Crippen LogP contribution is -2.36. The third-order valence-electron chi connectivity index (χ3n) is 3.13. The summed E-state index contributed by atoms with van der Waals surface area (Å²) in [6, 6.07) is 5.42. The zero-order valence-corrected chi connectivity index (χ0v) is 11.8. The van der Waals surface area contributed by atoms with Crippen molar-refractivity contribution in [3.8, 4) is 0 Å². The van der Waals surface area contributed by atoms with E-state index in [4.69, 9.17) is 16.7 Å². The normalized spacial score (nSPS) is 10.7. The average molecular weight is 295 g/mol. The predicted octanol–water partition coefficient (Wildman–Crippen LogP) is 2.30. The van der Waals surface area contributed by atoms with Crippen LogP contribution in [0.3, 0.4) is 0 Å². The molecular weight excluding hydrogens is 280 g/mol. The molecule has 1 aromatic carbocycles. The highest BCUT2D eigenvalue weighted by atomic mass is 35.5. The van der Waals surface area contributed by atoms with E-state index >= 15 is 0 Å². The van der Waals surface area contributed by atoms with Gasteiger partial charge in [0, 0.05) is 28.7 Å². The molecule has 20 heavy (non-hydrogen) atoms. The minimum absolute atomic E-state index is 0.154. The van der Waals surface area contributed by atoms with Crippen molar-refractivity contribution in [1.29, 1.82) is 0 Å². The topological polar surface area (TPSA) is 73.4 Å². The van der Waals surface area contributed by atoms with E-state index in [2.05, 4.69) is 4.98 Å². The summed E-state index contributed by atoms with van der Waals surface area (Å²) in [6.07, 6.45) is 1.91. The summed E-state index contributed by atoms with van der Waals surface area (Å²) < 4.78 is 0. The summed E-state index contributed by atoms with van der Waals surface area (Å²) in [4.78, 5) is 27.2. The highest BCUT2D eigenvalue weighted by molar-refractivity contribution is 6.31. The first-order chi connectivity index (χ1) is 9.51. The Labute approximate surface area is 121 Å². The third-order valence-corrected chi connectivity index (χ3v) is 3.37.